The summed E-state index contributed by atoms with van der Waals surface area (Å²) in [7, 11) is 1.83. The van der Waals surface area contributed by atoms with Crippen LogP contribution < -0.4 is 10.6 Å². The molecule has 0 saturated heterocycles. The fourth-order valence-electron chi connectivity index (χ4n) is 3.61. The van der Waals surface area contributed by atoms with Crippen molar-refractivity contribution in [3.05, 3.63) is 54.6 Å². The summed E-state index contributed by atoms with van der Waals surface area (Å²) in [6.07, 6.45) is 10.7. The maximum atomic E-state index is 4.36. The Hall–Kier alpha value is -2.30. The molecule has 0 atom stereocenters. The van der Waals surface area contributed by atoms with Crippen LogP contribution >= 0.6 is 0 Å². The number of benzene rings is 1. The Kier molecular flexibility index (Phi) is 5.51. The van der Waals surface area contributed by atoms with Crippen LogP contribution in [-0.2, 0) is 12.0 Å². The topological polar surface area (TPSA) is 54.2 Å². The highest BCUT2D eigenvalue weighted by molar-refractivity contribution is 5.79. The Morgan fingerprint density at radius 2 is 2.00 bits per heavy atom. The Bertz CT molecular complexity index is 627. The van der Waals surface area contributed by atoms with Gasteiger partial charge in [-0.3, -0.25) is 4.99 Å². The Morgan fingerprint density at radius 1 is 1.21 bits per heavy atom. The van der Waals surface area contributed by atoms with E-state index in [-0.39, 0.29) is 5.41 Å². The molecule has 24 heavy (non-hydrogen) atoms. The molecular formula is C19H27N5. The summed E-state index contributed by atoms with van der Waals surface area (Å²) in [5.74, 6) is 0.873. The summed E-state index contributed by atoms with van der Waals surface area (Å²) >= 11 is 0. The van der Waals surface area contributed by atoms with E-state index >= 15 is 0 Å². The molecule has 128 valence electrons. The number of nitrogens with one attached hydrogen (secondary N) is 2. The monoisotopic (exact) mass is 325 g/mol. The van der Waals surface area contributed by atoms with Crippen molar-refractivity contribution in [2.24, 2.45) is 4.99 Å². The Balaban J connectivity index is 1.55. The zero-order chi connectivity index (χ0) is 16.7. The molecule has 2 N–H and O–H groups in total. The number of hydrogen-bond donors (Lipinski definition) is 2. The fourth-order valence-corrected chi connectivity index (χ4v) is 3.61. The van der Waals surface area contributed by atoms with E-state index in [9.17, 15) is 0 Å². The number of hydrogen-bond acceptors (Lipinski definition) is 2. The zero-order valence-electron chi connectivity index (χ0n) is 14.4. The number of imidazole rings is 1. The predicted molar refractivity (Wildman–Crippen MR) is 98.2 cm³/mol. The minimum Gasteiger partial charge on any atom is -0.356 e. The molecule has 0 bridgehead atoms. The molecule has 1 aromatic carbocycles. The van der Waals surface area contributed by atoms with Crippen molar-refractivity contribution in [3.8, 4) is 0 Å². The quantitative estimate of drug-likeness (QED) is 0.634. The molecule has 0 aliphatic heterocycles. The molecule has 3 rings (SSSR count). The summed E-state index contributed by atoms with van der Waals surface area (Å²) in [4.78, 5) is 8.42. The summed E-state index contributed by atoms with van der Waals surface area (Å²) in [5, 5.41) is 6.94. The van der Waals surface area contributed by atoms with Gasteiger partial charge >= 0.3 is 0 Å². The van der Waals surface area contributed by atoms with Crippen LogP contribution in [-0.4, -0.2) is 35.6 Å². The van der Waals surface area contributed by atoms with E-state index in [1.165, 1.54) is 31.2 Å². The second-order valence-electron chi connectivity index (χ2n) is 6.51. The second kappa shape index (κ2) is 7.99. The van der Waals surface area contributed by atoms with E-state index in [1.807, 2.05) is 19.6 Å². The number of aromatic nitrogens is 2. The third-order valence-corrected chi connectivity index (χ3v) is 4.99. The van der Waals surface area contributed by atoms with Gasteiger partial charge in [0.25, 0.3) is 0 Å². The molecule has 1 fully saturated rings. The van der Waals surface area contributed by atoms with Gasteiger partial charge in [-0.1, -0.05) is 43.2 Å². The normalized spacial score (nSPS) is 17.0. The molecule has 1 aromatic heterocycles. The first-order chi connectivity index (χ1) is 11.8. The van der Waals surface area contributed by atoms with Crippen LogP contribution in [0, 0.1) is 0 Å². The lowest BCUT2D eigenvalue weighted by atomic mass is 9.79. The van der Waals surface area contributed by atoms with E-state index in [1.54, 1.807) is 6.20 Å². The first kappa shape index (κ1) is 16.6. The van der Waals surface area contributed by atoms with Crippen molar-refractivity contribution < 1.29 is 0 Å². The van der Waals surface area contributed by atoms with Crippen LogP contribution in [0.15, 0.2) is 54.0 Å². The maximum Gasteiger partial charge on any atom is 0.191 e. The lowest BCUT2D eigenvalue weighted by Gasteiger charge is -2.30. The van der Waals surface area contributed by atoms with Crippen molar-refractivity contribution in [2.75, 3.05) is 20.1 Å². The average Bonchev–Trinajstić information content (AvgIpc) is 3.31. The molecule has 0 unspecified atom stereocenters. The first-order valence-electron chi connectivity index (χ1n) is 8.78. The lowest BCUT2D eigenvalue weighted by Crippen LogP contribution is -2.45. The largest absolute Gasteiger partial charge is 0.356 e. The SMILES string of the molecule is CN=C(NCCn1ccnc1)NCC1(c2ccccc2)CCCC1. The molecule has 1 heterocycles. The van der Waals surface area contributed by atoms with Crippen LogP contribution in [0.3, 0.4) is 0 Å². The fraction of sp³-hybridized carbons (Fsp3) is 0.474. The summed E-state index contributed by atoms with van der Waals surface area (Å²) in [6.45, 7) is 2.64. The smallest absolute Gasteiger partial charge is 0.191 e. The van der Waals surface area contributed by atoms with Gasteiger partial charge < -0.3 is 15.2 Å². The number of aliphatic imine (C=N–C) groups is 1. The van der Waals surface area contributed by atoms with Crippen molar-refractivity contribution in [2.45, 2.75) is 37.6 Å². The molecule has 0 radical (unpaired) electrons. The minimum atomic E-state index is 0.239. The number of rotatable bonds is 6. The van der Waals surface area contributed by atoms with Crippen LogP contribution in [0.4, 0.5) is 0 Å². The van der Waals surface area contributed by atoms with E-state index in [0.717, 1.165) is 25.6 Å². The van der Waals surface area contributed by atoms with Gasteiger partial charge in [-0.15, -0.1) is 0 Å². The van der Waals surface area contributed by atoms with Gasteiger partial charge in [-0.05, 0) is 18.4 Å². The lowest BCUT2D eigenvalue weighted by molar-refractivity contribution is 0.431. The van der Waals surface area contributed by atoms with Crippen molar-refractivity contribution in [3.63, 3.8) is 0 Å². The molecule has 2 aromatic rings. The third-order valence-electron chi connectivity index (χ3n) is 4.99. The highest BCUT2D eigenvalue weighted by Gasteiger charge is 2.35. The maximum absolute atomic E-state index is 4.36. The number of guanidine groups is 1. The molecule has 5 heteroatoms. The molecule has 1 aliphatic carbocycles. The van der Waals surface area contributed by atoms with Gasteiger partial charge in [0, 0.05) is 44.5 Å². The summed E-state index contributed by atoms with van der Waals surface area (Å²) < 4.78 is 2.06. The van der Waals surface area contributed by atoms with E-state index in [2.05, 4.69) is 55.5 Å². The highest BCUT2D eigenvalue weighted by atomic mass is 15.2. The third kappa shape index (κ3) is 3.96. The second-order valence-corrected chi connectivity index (χ2v) is 6.51. The zero-order valence-corrected chi connectivity index (χ0v) is 14.4. The molecule has 5 nitrogen and oxygen atoms in total. The van der Waals surface area contributed by atoms with Crippen LogP contribution in [0.25, 0.3) is 0 Å². The van der Waals surface area contributed by atoms with Crippen molar-refractivity contribution >= 4 is 5.96 Å². The van der Waals surface area contributed by atoms with Gasteiger partial charge in [0.15, 0.2) is 5.96 Å². The van der Waals surface area contributed by atoms with Crippen LogP contribution in [0.2, 0.25) is 0 Å². The first-order valence-corrected chi connectivity index (χ1v) is 8.78. The standard InChI is InChI=1S/C19H27N5/c1-20-18(22-12-14-24-13-11-21-16-24)23-15-19(9-5-6-10-19)17-7-3-2-4-8-17/h2-4,7-8,11,13,16H,5-6,9-10,12,14-15H2,1H3,(H2,20,22,23). The van der Waals surface area contributed by atoms with Crippen molar-refractivity contribution in [1.82, 2.24) is 20.2 Å². The Morgan fingerprint density at radius 3 is 2.67 bits per heavy atom. The molecular weight excluding hydrogens is 298 g/mol. The van der Waals surface area contributed by atoms with Gasteiger partial charge in [0.05, 0.1) is 6.33 Å². The van der Waals surface area contributed by atoms with Crippen LogP contribution in [0.5, 0.6) is 0 Å². The summed E-state index contributed by atoms with van der Waals surface area (Å²) in [6, 6.07) is 10.9. The van der Waals surface area contributed by atoms with Crippen LogP contribution in [0.1, 0.15) is 31.2 Å². The van der Waals surface area contributed by atoms with E-state index in [0.29, 0.717) is 0 Å². The molecule has 1 aliphatic rings. The Labute approximate surface area is 144 Å². The summed E-state index contributed by atoms with van der Waals surface area (Å²) in [5.41, 5.74) is 1.69. The highest BCUT2D eigenvalue weighted by Crippen LogP contribution is 2.40. The van der Waals surface area contributed by atoms with Gasteiger partial charge in [-0.25, -0.2) is 4.98 Å². The van der Waals surface area contributed by atoms with E-state index < -0.39 is 0 Å². The molecule has 1 saturated carbocycles. The van der Waals surface area contributed by atoms with E-state index in [4.69, 9.17) is 0 Å². The molecule has 0 amide bonds. The van der Waals surface area contributed by atoms with Gasteiger partial charge in [-0.2, -0.15) is 0 Å². The molecule has 0 spiro atoms. The van der Waals surface area contributed by atoms with Gasteiger partial charge in [0.1, 0.15) is 0 Å². The van der Waals surface area contributed by atoms with Crippen molar-refractivity contribution in [1.29, 1.82) is 0 Å². The van der Waals surface area contributed by atoms with Gasteiger partial charge in [0.2, 0.25) is 0 Å². The number of nitrogens with zero attached hydrogens (tertiary/aromatic N) is 3. The average molecular weight is 325 g/mol. The minimum absolute atomic E-state index is 0.239. The predicted octanol–water partition coefficient (Wildman–Crippen LogP) is 2.56.